The lowest BCUT2D eigenvalue weighted by Crippen LogP contribution is -2.35. The molecule has 6 heteroatoms. The maximum atomic E-state index is 11.7. The van der Waals surface area contributed by atoms with Gasteiger partial charge in [-0.2, -0.15) is 0 Å². The zero-order valence-electron chi connectivity index (χ0n) is 10.4. The first kappa shape index (κ1) is 13.8. The fourth-order valence-corrected chi connectivity index (χ4v) is 1.40. The molecule has 0 unspecified atom stereocenters. The van der Waals surface area contributed by atoms with E-state index in [-0.39, 0.29) is 18.4 Å². The smallest absolute Gasteiger partial charge is 0.407 e. The number of ether oxygens (including phenoxy) is 1. The molecule has 18 heavy (non-hydrogen) atoms. The van der Waals surface area contributed by atoms with Crippen LogP contribution < -0.4 is 16.4 Å². The molecule has 98 valence electrons. The molecule has 0 aromatic heterocycles. The number of para-hydroxylation sites is 2. The summed E-state index contributed by atoms with van der Waals surface area (Å²) in [6.45, 7) is 1.71. The molecule has 1 aromatic carbocycles. The van der Waals surface area contributed by atoms with E-state index in [0.29, 0.717) is 11.4 Å². The molecule has 0 saturated heterocycles. The number of carbonyl (C=O) groups is 2. The molecule has 0 aliphatic heterocycles. The Morgan fingerprint density at radius 1 is 1.39 bits per heavy atom. The number of anilines is 2. The molecule has 1 aromatic rings. The maximum absolute atomic E-state index is 11.7. The third-order valence-electron chi connectivity index (χ3n) is 2.28. The molecule has 0 spiro atoms. The SMILES string of the molecule is COC(=O)N[C@H](C)CC(=O)Nc1ccccc1N. The Kier molecular flexibility index (Phi) is 4.98. The first-order valence-electron chi connectivity index (χ1n) is 5.51. The highest BCUT2D eigenvalue weighted by molar-refractivity contribution is 5.94. The van der Waals surface area contributed by atoms with Crippen LogP contribution in [0.15, 0.2) is 24.3 Å². The van der Waals surface area contributed by atoms with Crippen LogP contribution >= 0.6 is 0 Å². The van der Waals surface area contributed by atoms with Gasteiger partial charge in [-0.05, 0) is 19.1 Å². The third-order valence-corrected chi connectivity index (χ3v) is 2.28. The predicted molar refractivity (Wildman–Crippen MR) is 69.1 cm³/mol. The fourth-order valence-electron chi connectivity index (χ4n) is 1.40. The quantitative estimate of drug-likeness (QED) is 0.704. The number of alkyl carbamates (subject to hydrolysis) is 1. The van der Waals surface area contributed by atoms with Gasteiger partial charge in [0.2, 0.25) is 5.91 Å². The largest absolute Gasteiger partial charge is 0.453 e. The van der Waals surface area contributed by atoms with Crippen molar-refractivity contribution in [2.45, 2.75) is 19.4 Å². The number of benzene rings is 1. The Morgan fingerprint density at radius 3 is 2.67 bits per heavy atom. The summed E-state index contributed by atoms with van der Waals surface area (Å²) in [7, 11) is 1.27. The van der Waals surface area contributed by atoms with Crippen LogP contribution in [-0.4, -0.2) is 25.2 Å². The van der Waals surface area contributed by atoms with Gasteiger partial charge in [0.15, 0.2) is 0 Å². The lowest BCUT2D eigenvalue weighted by atomic mass is 10.2. The van der Waals surface area contributed by atoms with Crippen LogP contribution in [0.1, 0.15) is 13.3 Å². The molecule has 0 aliphatic rings. The van der Waals surface area contributed by atoms with E-state index < -0.39 is 6.09 Å². The van der Waals surface area contributed by atoms with Crippen LogP contribution in [-0.2, 0) is 9.53 Å². The Labute approximate surface area is 105 Å². The van der Waals surface area contributed by atoms with Crippen LogP contribution in [0.3, 0.4) is 0 Å². The summed E-state index contributed by atoms with van der Waals surface area (Å²) in [6, 6.07) is 6.66. The van der Waals surface area contributed by atoms with Crippen molar-refractivity contribution in [3.8, 4) is 0 Å². The number of nitrogen functional groups attached to an aromatic ring is 1. The number of nitrogens with two attached hydrogens (primary N) is 1. The van der Waals surface area contributed by atoms with E-state index in [9.17, 15) is 9.59 Å². The minimum absolute atomic E-state index is 0.142. The first-order valence-corrected chi connectivity index (χ1v) is 5.51. The molecule has 0 aliphatic carbocycles. The second-order valence-electron chi connectivity index (χ2n) is 3.88. The number of hydrogen-bond donors (Lipinski definition) is 3. The van der Waals surface area contributed by atoms with Gasteiger partial charge in [-0.15, -0.1) is 0 Å². The highest BCUT2D eigenvalue weighted by atomic mass is 16.5. The van der Waals surface area contributed by atoms with Crippen LogP contribution in [0.2, 0.25) is 0 Å². The van der Waals surface area contributed by atoms with Crippen LogP contribution in [0.4, 0.5) is 16.2 Å². The molecule has 0 bridgehead atoms. The number of methoxy groups -OCH3 is 1. The lowest BCUT2D eigenvalue weighted by Gasteiger charge is -2.13. The lowest BCUT2D eigenvalue weighted by molar-refractivity contribution is -0.116. The number of carbonyl (C=O) groups excluding carboxylic acids is 2. The Bertz CT molecular complexity index is 434. The van der Waals surface area contributed by atoms with Gasteiger partial charge in [0.05, 0.1) is 18.5 Å². The van der Waals surface area contributed by atoms with E-state index in [0.717, 1.165) is 0 Å². The topological polar surface area (TPSA) is 93.4 Å². The summed E-state index contributed by atoms with van der Waals surface area (Å²) in [5, 5.41) is 5.18. The van der Waals surface area contributed by atoms with Gasteiger partial charge in [-0.3, -0.25) is 4.79 Å². The van der Waals surface area contributed by atoms with Gasteiger partial charge in [-0.1, -0.05) is 12.1 Å². The molecule has 6 nitrogen and oxygen atoms in total. The average molecular weight is 251 g/mol. The Morgan fingerprint density at radius 2 is 2.06 bits per heavy atom. The van der Waals surface area contributed by atoms with Crippen LogP contribution in [0, 0.1) is 0 Å². The van der Waals surface area contributed by atoms with Crippen LogP contribution in [0.5, 0.6) is 0 Å². The van der Waals surface area contributed by atoms with Crippen LogP contribution in [0.25, 0.3) is 0 Å². The normalized spacial score (nSPS) is 11.4. The van der Waals surface area contributed by atoms with Gasteiger partial charge >= 0.3 is 6.09 Å². The highest BCUT2D eigenvalue weighted by Crippen LogP contribution is 2.16. The molecular formula is C12H17N3O3. The first-order chi connectivity index (χ1) is 8.52. The standard InChI is InChI=1S/C12H17N3O3/c1-8(14-12(17)18-2)7-11(16)15-10-6-4-3-5-9(10)13/h3-6,8H,7,13H2,1-2H3,(H,14,17)(H,15,16)/t8-/m1/s1. The van der Waals surface area contributed by atoms with E-state index >= 15 is 0 Å². The fraction of sp³-hybridized carbons (Fsp3) is 0.333. The minimum Gasteiger partial charge on any atom is -0.453 e. The molecule has 4 N–H and O–H groups in total. The number of hydrogen-bond acceptors (Lipinski definition) is 4. The van der Waals surface area contributed by atoms with Gasteiger partial charge in [0, 0.05) is 12.5 Å². The highest BCUT2D eigenvalue weighted by Gasteiger charge is 2.12. The molecule has 1 atom stereocenters. The monoisotopic (exact) mass is 251 g/mol. The maximum Gasteiger partial charge on any atom is 0.407 e. The number of amides is 2. The summed E-state index contributed by atoms with van der Waals surface area (Å²) in [6.07, 6.45) is -0.418. The summed E-state index contributed by atoms with van der Waals surface area (Å²) >= 11 is 0. The molecule has 0 fully saturated rings. The van der Waals surface area contributed by atoms with Crippen molar-refractivity contribution in [1.29, 1.82) is 0 Å². The second-order valence-corrected chi connectivity index (χ2v) is 3.88. The van der Waals surface area contributed by atoms with Gasteiger partial charge in [-0.25, -0.2) is 4.79 Å². The molecule has 1 rings (SSSR count). The van der Waals surface area contributed by atoms with Crippen molar-refractivity contribution >= 4 is 23.4 Å². The Hall–Kier alpha value is -2.24. The van der Waals surface area contributed by atoms with E-state index in [1.165, 1.54) is 7.11 Å². The van der Waals surface area contributed by atoms with Crippen molar-refractivity contribution in [3.63, 3.8) is 0 Å². The predicted octanol–water partition coefficient (Wildman–Crippen LogP) is 1.34. The van der Waals surface area contributed by atoms with E-state index in [1.54, 1.807) is 31.2 Å². The number of rotatable bonds is 4. The van der Waals surface area contributed by atoms with E-state index in [1.807, 2.05) is 0 Å². The molecular weight excluding hydrogens is 234 g/mol. The van der Waals surface area contributed by atoms with Crippen molar-refractivity contribution in [3.05, 3.63) is 24.3 Å². The minimum atomic E-state index is -0.561. The van der Waals surface area contributed by atoms with Gasteiger partial charge < -0.3 is 21.1 Å². The summed E-state index contributed by atoms with van der Waals surface area (Å²) in [5.41, 5.74) is 6.76. The third kappa shape index (κ3) is 4.32. The van der Waals surface area contributed by atoms with Crippen molar-refractivity contribution in [2.75, 3.05) is 18.2 Å². The van der Waals surface area contributed by atoms with E-state index in [4.69, 9.17) is 5.73 Å². The number of nitrogens with one attached hydrogen (secondary N) is 2. The van der Waals surface area contributed by atoms with Gasteiger partial charge in [0.25, 0.3) is 0 Å². The average Bonchev–Trinajstić information content (AvgIpc) is 2.31. The zero-order valence-corrected chi connectivity index (χ0v) is 10.4. The van der Waals surface area contributed by atoms with E-state index in [2.05, 4.69) is 15.4 Å². The summed E-state index contributed by atoms with van der Waals surface area (Å²) < 4.78 is 4.44. The zero-order chi connectivity index (χ0) is 13.5. The van der Waals surface area contributed by atoms with Crippen molar-refractivity contribution in [1.82, 2.24) is 5.32 Å². The molecule has 0 saturated carbocycles. The van der Waals surface area contributed by atoms with Gasteiger partial charge in [0.1, 0.15) is 0 Å². The summed E-state index contributed by atoms with van der Waals surface area (Å²) in [5.74, 6) is -0.225. The molecule has 2 amide bonds. The van der Waals surface area contributed by atoms with Crippen molar-refractivity contribution < 1.29 is 14.3 Å². The molecule has 0 radical (unpaired) electrons. The Balaban J connectivity index is 2.47. The summed E-state index contributed by atoms with van der Waals surface area (Å²) in [4.78, 5) is 22.6. The van der Waals surface area contributed by atoms with Crippen molar-refractivity contribution in [2.24, 2.45) is 0 Å². The molecule has 0 heterocycles. The second kappa shape index (κ2) is 6.48.